The van der Waals surface area contributed by atoms with Crippen LogP contribution < -0.4 is 0 Å². The van der Waals surface area contributed by atoms with Crippen LogP contribution in [0.1, 0.15) is 48.2 Å². The van der Waals surface area contributed by atoms with Gasteiger partial charge in [0.2, 0.25) is 0 Å². The smallest absolute Gasteiger partial charge is 0.0409 e. The highest BCUT2D eigenvalue weighted by Gasteiger charge is 2.21. The number of halogens is 2. The number of hydrogen-bond acceptors (Lipinski definition) is 2. The molecule has 0 N–H and O–H groups in total. The Morgan fingerprint density at radius 3 is 1.28 bits per heavy atom. The third kappa shape index (κ3) is 7.44. The predicted octanol–water partition coefficient (Wildman–Crippen LogP) is 8.82. The second kappa shape index (κ2) is 13.1. The molecule has 0 aromatic heterocycles. The number of hydrogen-bond donors (Lipinski definition) is 0. The second-order valence-electron chi connectivity index (χ2n) is 9.37. The fourth-order valence-corrected chi connectivity index (χ4v) is 5.13. The minimum atomic E-state index is 0.269. The monoisotopic (exact) mass is 516 g/mol. The topological polar surface area (TPSA) is 6.48 Å². The predicted molar refractivity (Wildman–Crippen MR) is 153 cm³/mol. The third-order valence-electron chi connectivity index (χ3n) is 6.88. The largest absolute Gasteiger partial charge is 0.291 e. The fourth-order valence-electron chi connectivity index (χ4n) is 4.70. The van der Waals surface area contributed by atoms with Crippen LogP contribution in [0.5, 0.6) is 0 Å². The molecule has 0 aliphatic carbocycles. The van der Waals surface area contributed by atoms with E-state index in [4.69, 9.17) is 23.2 Å². The van der Waals surface area contributed by atoms with Gasteiger partial charge in [-0.1, -0.05) is 108 Å². The van der Waals surface area contributed by atoms with Gasteiger partial charge in [-0.15, -0.1) is 0 Å². The summed E-state index contributed by atoms with van der Waals surface area (Å²) < 4.78 is 0. The molecule has 2 atom stereocenters. The van der Waals surface area contributed by atoms with E-state index in [1.54, 1.807) is 0 Å². The molecule has 0 fully saturated rings. The average molecular weight is 518 g/mol. The van der Waals surface area contributed by atoms with Crippen LogP contribution in [-0.4, -0.2) is 22.9 Å². The van der Waals surface area contributed by atoms with Gasteiger partial charge in [-0.2, -0.15) is 0 Å². The van der Waals surface area contributed by atoms with Gasteiger partial charge in [0.15, 0.2) is 0 Å². The zero-order valence-corrected chi connectivity index (χ0v) is 22.5. The zero-order chi connectivity index (χ0) is 25.3. The Kier molecular flexibility index (Phi) is 9.60. The second-order valence-corrected chi connectivity index (χ2v) is 10.2. The van der Waals surface area contributed by atoms with Crippen molar-refractivity contribution in [2.75, 3.05) is 13.1 Å². The van der Waals surface area contributed by atoms with Crippen LogP contribution in [0.15, 0.2) is 109 Å². The van der Waals surface area contributed by atoms with Crippen LogP contribution in [0.25, 0.3) is 0 Å². The van der Waals surface area contributed by atoms with Crippen molar-refractivity contribution in [3.63, 3.8) is 0 Å². The molecule has 0 saturated heterocycles. The lowest BCUT2D eigenvalue weighted by atomic mass is 10.0. The fraction of sp³-hybridized carbons (Fsp3) is 0.250. The molecular formula is C32H34Cl2N2. The highest BCUT2D eigenvalue weighted by molar-refractivity contribution is 6.30. The molecule has 4 heteroatoms. The van der Waals surface area contributed by atoms with Crippen molar-refractivity contribution >= 4 is 23.2 Å². The Morgan fingerprint density at radius 2 is 0.917 bits per heavy atom. The highest BCUT2D eigenvalue weighted by atomic mass is 35.5. The summed E-state index contributed by atoms with van der Waals surface area (Å²) in [5.74, 6) is 0. The van der Waals surface area contributed by atoms with Gasteiger partial charge < -0.3 is 0 Å². The molecule has 0 bridgehead atoms. The summed E-state index contributed by atoms with van der Waals surface area (Å²) in [4.78, 5) is 5.09. The van der Waals surface area contributed by atoms with Crippen LogP contribution in [0.2, 0.25) is 10.0 Å². The van der Waals surface area contributed by atoms with Gasteiger partial charge in [0.25, 0.3) is 0 Å². The van der Waals surface area contributed by atoms with Gasteiger partial charge in [-0.05, 0) is 60.4 Å². The van der Waals surface area contributed by atoms with Gasteiger partial charge >= 0.3 is 0 Å². The molecule has 36 heavy (non-hydrogen) atoms. The van der Waals surface area contributed by atoms with E-state index in [1.807, 2.05) is 24.3 Å². The first kappa shape index (κ1) is 26.4. The lowest BCUT2D eigenvalue weighted by Crippen LogP contribution is -2.37. The maximum Gasteiger partial charge on any atom is 0.0409 e. The molecule has 0 aliphatic heterocycles. The number of benzene rings is 4. The molecule has 0 heterocycles. The molecule has 186 valence electrons. The Labute approximate surface area is 226 Å². The molecule has 0 radical (unpaired) electrons. The van der Waals surface area contributed by atoms with Crippen LogP contribution in [0.3, 0.4) is 0 Å². The molecule has 0 saturated carbocycles. The van der Waals surface area contributed by atoms with Gasteiger partial charge in [0, 0.05) is 48.3 Å². The maximum atomic E-state index is 6.33. The first-order valence-electron chi connectivity index (χ1n) is 12.6. The molecule has 0 amide bonds. The van der Waals surface area contributed by atoms with E-state index < -0.39 is 0 Å². The number of nitrogens with zero attached hydrogens (tertiary/aromatic N) is 2. The van der Waals surface area contributed by atoms with E-state index in [-0.39, 0.29) is 12.1 Å². The van der Waals surface area contributed by atoms with Gasteiger partial charge in [0.05, 0.1) is 0 Å². The van der Waals surface area contributed by atoms with Crippen LogP contribution in [0, 0.1) is 0 Å². The minimum absolute atomic E-state index is 0.269. The van der Waals surface area contributed by atoms with Crippen LogP contribution in [-0.2, 0) is 13.1 Å². The Hall–Kier alpha value is -2.62. The summed E-state index contributed by atoms with van der Waals surface area (Å²) in [6, 6.07) is 38.4. The van der Waals surface area contributed by atoms with Crippen molar-refractivity contribution in [3.8, 4) is 0 Å². The molecule has 0 aliphatic rings. The zero-order valence-electron chi connectivity index (χ0n) is 21.0. The molecule has 4 aromatic carbocycles. The molecule has 0 spiro atoms. The first-order chi connectivity index (χ1) is 17.5. The highest BCUT2D eigenvalue weighted by Crippen LogP contribution is 2.26. The van der Waals surface area contributed by atoms with Crippen LogP contribution in [0.4, 0.5) is 0 Å². The van der Waals surface area contributed by atoms with E-state index in [2.05, 4.69) is 109 Å². The Morgan fingerprint density at radius 1 is 0.528 bits per heavy atom. The van der Waals surface area contributed by atoms with E-state index in [1.165, 1.54) is 22.3 Å². The summed E-state index contributed by atoms with van der Waals surface area (Å²) in [5, 5.41) is 1.56. The van der Waals surface area contributed by atoms with Crippen molar-refractivity contribution in [3.05, 3.63) is 141 Å². The summed E-state index contributed by atoms with van der Waals surface area (Å²) in [7, 11) is 0. The SMILES string of the molecule is C[C@@H](c1ccccc1)N(CCN(Cc1cccc(Cl)c1)[C@@H](C)c1ccccc1)Cc1cccc(Cl)c1. The lowest BCUT2D eigenvalue weighted by Gasteiger charge is -2.35. The summed E-state index contributed by atoms with van der Waals surface area (Å²) in [5.41, 5.74) is 5.08. The Bertz CT molecular complexity index is 1120. The normalized spacial score (nSPS) is 13.2. The Balaban J connectivity index is 1.58. The van der Waals surface area contributed by atoms with Crippen molar-refractivity contribution in [2.45, 2.75) is 39.0 Å². The van der Waals surface area contributed by atoms with Crippen molar-refractivity contribution < 1.29 is 0 Å². The molecular weight excluding hydrogens is 483 g/mol. The lowest BCUT2D eigenvalue weighted by molar-refractivity contribution is 0.134. The van der Waals surface area contributed by atoms with Crippen molar-refractivity contribution in [1.29, 1.82) is 0 Å². The van der Waals surface area contributed by atoms with Gasteiger partial charge in [0.1, 0.15) is 0 Å². The van der Waals surface area contributed by atoms with E-state index in [0.717, 1.165) is 36.2 Å². The molecule has 2 nitrogen and oxygen atoms in total. The first-order valence-corrected chi connectivity index (χ1v) is 13.3. The molecule has 4 aromatic rings. The standard InChI is InChI=1S/C32H34Cl2N2/c1-25(29-13-5-3-6-14-29)35(23-27-11-9-17-31(33)21-27)19-20-36(24-28-12-10-18-32(34)22-28)26(2)30-15-7-4-8-16-30/h3-18,21-22,25-26H,19-20,23-24H2,1-2H3/t25-,26-/m0/s1. The quantitative estimate of drug-likeness (QED) is 0.196. The minimum Gasteiger partial charge on any atom is -0.291 e. The average Bonchev–Trinajstić information content (AvgIpc) is 2.90. The molecule has 4 rings (SSSR count). The van der Waals surface area contributed by atoms with E-state index in [0.29, 0.717) is 0 Å². The van der Waals surface area contributed by atoms with E-state index in [9.17, 15) is 0 Å². The van der Waals surface area contributed by atoms with E-state index >= 15 is 0 Å². The number of rotatable bonds is 11. The summed E-state index contributed by atoms with van der Waals surface area (Å²) in [6.07, 6.45) is 0. The van der Waals surface area contributed by atoms with Gasteiger partial charge in [-0.3, -0.25) is 9.80 Å². The van der Waals surface area contributed by atoms with Crippen LogP contribution >= 0.6 is 23.2 Å². The van der Waals surface area contributed by atoms with Crippen molar-refractivity contribution in [2.24, 2.45) is 0 Å². The summed E-state index contributed by atoms with van der Waals surface area (Å²) in [6.45, 7) is 8.09. The maximum absolute atomic E-state index is 6.33. The summed E-state index contributed by atoms with van der Waals surface area (Å²) >= 11 is 12.7. The van der Waals surface area contributed by atoms with Gasteiger partial charge in [-0.25, -0.2) is 0 Å². The van der Waals surface area contributed by atoms with Crippen molar-refractivity contribution in [1.82, 2.24) is 9.80 Å². The third-order valence-corrected chi connectivity index (χ3v) is 7.35. The molecule has 0 unspecified atom stereocenters.